The maximum Gasteiger partial charge on any atom is 0.305 e. The lowest BCUT2D eigenvalue weighted by molar-refractivity contribution is -0.384. The van der Waals surface area contributed by atoms with E-state index in [4.69, 9.17) is 0 Å². The minimum atomic E-state index is -0.548. The Morgan fingerprint density at radius 1 is 1.58 bits per heavy atom. The number of aromatic hydroxyl groups is 1. The number of nitro groups is 1. The average molecular weight is 266 g/mol. The second-order valence-electron chi connectivity index (χ2n) is 3.72. The van der Waals surface area contributed by atoms with Gasteiger partial charge in [-0.25, -0.2) is 0 Å². The highest BCUT2D eigenvalue weighted by molar-refractivity contribution is 5.84. The number of phenolic OH excluding ortho intramolecular Hbond substituents is 1. The number of esters is 1. The van der Waals surface area contributed by atoms with E-state index in [1.165, 1.54) is 31.5 Å². The molecule has 1 aromatic rings. The van der Waals surface area contributed by atoms with Crippen LogP contribution in [0.3, 0.4) is 0 Å². The molecule has 0 saturated carbocycles. The Morgan fingerprint density at radius 3 is 2.95 bits per heavy atom. The summed E-state index contributed by atoms with van der Waals surface area (Å²) in [5, 5.41) is 20.1. The summed E-state index contributed by atoms with van der Waals surface area (Å²) in [5.74, 6) is -0.393. The fourth-order valence-corrected chi connectivity index (χ4v) is 1.34. The number of hydrogen-bond donors (Lipinski definition) is 1. The van der Waals surface area contributed by atoms with Crippen molar-refractivity contribution in [1.29, 1.82) is 0 Å². The van der Waals surface area contributed by atoms with Gasteiger partial charge in [-0.05, 0) is 12.5 Å². The van der Waals surface area contributed by atoms with E-state index in [9.17, 15) is 20.0 Å². The van der Waals surface area contributed by atoms with Crippen LogP contribution in [0, 0.1) is 10.1 Å². The summed E-state index contributed by atoms with van der Waals surface area (Å²) in [7, 11) is 1.31. The van der Waals surface area contributed by atoms with Crippen molar-refractivity contribution in [2.45, 2.75) is 12.8 Å². The third-order valence-electron chi connectivity index (χ3n) is 2.35. The number of methoxy groups -OCH3 is 1. The van der Waals surface area contributed by atoms with Gasteiger partial charge in [0.1, 0.15) is 5.75 Å². The van der Waals surface area contributed by atoms with Crippen molar-refractivity contribution >= 4 is 17.9 Å². The van der Waals surface area contributed by atoms with Gasteiger partial charge in [0.05, 0.1) is 12.0 Å². The molecule has 0 aliphatic heterocycles. The smallest absolute Gasteiger partial charge is 0.305 e. The van der Waals surface area contributed by atoms with Gasteiger partial charge in [-0.3, -0.25) is 19.9 Å². The van der Waals surface area contributed by atoms with E-state index >= 15 is 0 Å². The van der Waals surface area contributed by atoms with Crippen LogP contribution in [0.5, 0.6) is 5.75 Å². The molecule has 0 aliphatic carbocycles. The van der Waals surface area contributed by atoms with Gasteiger partial charge in [0.2, 0.25) is 0 Å². The fourth-order valence-electron chi connectivity index (χ4n) is 1.34. The van der Waals surface area contributed by atoms with Crippen molar-refractivity contribution < 1.29 is 19.6 Å². The van der Waals surface area contributed by atoms with Crippen LogP contribution in [-0.4, -0.2) is 35.9 Å². The predicted molar refractivity (Wildman–Crippen MR) is 68.5 cm³/mol. The predicted octanol–water partition coefficient (Wildman–Crippen LogP) is 1.67. The lowest BCUT2D eigenvalue weighted by Gasteiger charge is -1.99. The van der Waals surface area contributed by atoms with Crippen molar-refractivity contribution in [3.05, 3.63) is 33.9 Å². The summed E-state index contributed by atoms with van der Waals surface area (Å²) in [6, 6.07) is 3.69. The van der Waals surface area contributed by atoms with Gasteiger partial charge in [-0.1, -0.05) is 0 Å². The molecule has 0 atom stereocenters. The molecule has 7 heteroatoms. The van der Waals surface area contributed by atoms with Gasteiger partial charge in [0.15, 0.2) is 0 Å². The quantitative estimate of drug-likeness (QED) is 0.277. The van der Waals surface area contributed by atoms with Gasteiger partial charge in [0.25, 0.3) is 5.69 Å². The van der Waals surface area contributed by atoms with Crippen molar-refractivity contribution in [3.63, 3.8) is 0 Å². The van der Waals surface area contributed by atoms with Gasteiger partial charge < -0.3 is 9.84 Å². The Hall–Kier alpha value is -2.44. The van der Waals surface area contributed by atoms with E-state index in [2.05, 4.69) is 9.73 Å². The number of rotatable bonds is 6. The maximum atomic E-state index is 10.8. The van der Waals surface area contributed by atoms with Gasteiger partial charge in [-0.15, -0.1) is 0 Å². The normalized spacial score (nSPS) is 10.6. The summed E-state index contributed by atoms with van der Waals surface area (Å²) in [6.07, 6.45) is 2.12. The Morgan fingerprint density at radius 2 is 2.32 bits per heavy atom. The zero-order valence-corrected chi connectivity index (χ0v) is 10.4. The second kappa shape index (κ2) is 7.10. The first kappa shape index (κ1) is 14.6. The zero-order valence-electron chi connectivity index (χ0n) is 10.4. The van der Waals surface area contributed by atoms with Crippen LogP contribution >= 0.6 is 0 Å². The number of hydrogen-bond acceptors (Lipinski definition) is 6. The molecule has 0 bridgehead atoms. The first-order valence-electron chi connectivity index (χ1n) is 5.58. The Labute approximate surface area is 109 Å². The highest BCUT2D eigenvalue weighted by atomic mass is 16.6. The molecule has 0 spiro atoms. The molecule has 0 radical (unpaired) electrons. The van der Waals surface area contributed by atoms with Crippen molar-refractivity contribution in [2.75, 3.05) is 13.7 Å². The number of aliphatic imine (C=N–C) groups is 1. The standard InChI is InChI=1S/C12H14N2O5/c1-19-12(16)3-2-6-13-8-9-7-10(14(17)18)4-5-11(9)15/h4-5,7-8,15H,2-3,6H2,1H3. The average Bonchev–Trinajstić information content (AvgIpc) is 2.39. The van der Waals surface area contributed by atoms with Gasteiger partial charge in [0, 0.05) is 36.9 Å². The lowest BCUT2D eigenvalue weighted by atomic mass is 10.2. The maximum absolute atomic E-state index is 10.8. The Balaban J connectivity index is 2.58. The van der Waals surface area contributed by atoms with Crippen LogP contribution < -0.4 is 0 Å². The number of nitrogens with zero attached hydrogens (tertiary/aromatic N) is 2. The lowest BCUT2D eigenvalue weighted by Crippen LogP contribution is -2.00. The number of nitro benzene ring substituents is 1. The molecule has 1 rings (SSSR count). The van der Waals surface area contributed by atoms with E-state index in [-0.39, 0.29) is 29.4 Å². The molecule has 102 valence electrons. The summed E-state index contributed by atoms with van der Waals surface area (Å²) in [4.78, 5) is 24.9. The van der Waals surface area contributed by atoms with Crippen LogP contribution in [0.15, 0.2) is 23.2 Å². The summed E-state index contributed by atoms with van der Waals surface area (Å²) in [5.41, 5.74) is 0.154. The monoisotopic (exact) mass is 266 g/mol. The molecule has 19 heavy (non-hydrogen) atoms. The molecular formula is C12H14N2O5. The largest absolute Gasteiger partial charge is 0.507 e. The Kier molecular flexibility index (Phi) is 5.46. The molecule has 0 saturated heterocycles. The SMILES string of the molecule is COC(=O)CCCN=Cc1cc([N+](=O)[O-])ccc1O. The van der Waals surface area contributed by atoms with E-state index in [0.29, 0.717) is 13.0 Å². The number of carbonyl (C=O) groups is 1. The Bertz CT molecular complexity index is 499. The van der Waals surface area contributed by atoms with Crippen LogP contribution in [-0.2, 0) is 9.53 Å². The fraction of sp³-hybridized carbons (Fsp3) is 0.333. The minimum Gasteiger partial charge on any atom is -0.507 e. The van der Waals surface area contributed by atoms with Crippen molar-refractivity contribution in [1.82, 2.24) is 0 Å². The third kappa shape index (κ3) is 4.74. The molecule has 1 aromatic carbocycles. The summed E-state index contributed by atoms with van der Waals surface area (Å²) < 4.78 is 4.47. The number of carbonyl (C=O) groups excluding carboxylic acids is 1. The van der Waals surface area contributed by atoms with Crippen molar-refractivity contribution in [2.24, 2.45) is 4.99 Å². The molecule has 1 N–H and O–H groups in total. The minimum absolute atomic E-state index is 0.0812. The molecule has 0 fully saturated rings. The molecule has 0 amide bonds. The van der Waals surface area contributed by atoms with Crippen LogP contribution in [0.1, 0.15) is 18.4 Å². The van der Waals surface area contributed by atoms with E-state index in [1.807, 2.05) is 0 Å². The number of phenols is 1. The number of benzene rings is 1. The van der Waals surface area contributed by atoms with Crippen LogP contribution in [0.25, 0.3) is 0 Å². The third-order valence-corrected chi connectivity index (χ3v) is 2.35. The molecule has 0 heterocycles. The highest BCUT2D eigenvalue weighted by Crippen LogP contribution is 2.21. The van der Waals surface area contributed by atoms with E-state index < -0.39 is 4.92 Å². The molecular weight excluding hydrogens is 252 g/mol. The first-order chi connectivity index (χ1) is 9.04. The van der Waals surface area contributed by atoms with Crippen LogP contribution in [0.4, 0.5) is 5.69 Å². The molecule has 0 aromatic heterocycles. The van der Waals surface area contributed by atoms with Crippen molar-refractivity contribution in [3.8, 4) is 5.75 Å². The zero-order chi connectivity index (χ0) is 14.3. The topological polar surface area (TPSA) is 102 Å². The summed E-state index contributed by atoms with van der Waals surface area (Å²) in [6.45, 7) is 0.372. The highest BCUT2D eigenvalue weighted by Gasteiger charge is 2.08. The van der Waals surface area contributed by atoms with E-state index in [1.54, 1.807) is 0 Å². The summed E-state index contributed by atoms with van der Waals surface area (Å²) >= 11 is 0. The van der Waals surface area contributed by atoms with Gasteiger partial charge in [-0.2, -0.15) is 0 Å². The number of ether oxygens (including phenoxy) is 1. The molecule has 0 aliphatic rings. The van der Waals surface area contributed by atoms with Gasteiger partial charge >= 0.3 is 5.97 Å². The molecule has 7 nitrogen and oxygen atoms in total. The number of non-ortho nitro benzene ring substituents is 1. The van der Waals surface area contributed by atoms with Crippen LogP contribution in [0.2, 0.25) is 0 Å². The second-order valence-corrected chi connectivity index (χ2v) is 3.72. The van der Waals surface area contributed by atoms with E-state index in [0.717, 1.165) is 0 Å². The first-order valence-corrected chi connectivity index (χ1v) is 5.58. The molecule has 0 unspecified atom stereocenters.